The van der Waals surface area contributed by atoms with Crippen molar-refractivity contribution in [1.82, 2.24) is 0 Å². The Bertz CT molecular complexity index is 346. The molecule has 1 aromatic rings. The van der Waals surface area contributed by atoms with E-state index in [0.717, 1.165) is 0 Å². The number of fused-ring (bicyclic) bond motifs is 1. The molecular weight excluding hydrogens is 154 g/mol. The molecule has 0 fully saturated rings. The van der Waals surface area contributed by atoms with Gasteiger partial charge in [-0.05, 0) is 25.1 Å². The molecule has 1 aromatic carbocycles. The van der Waals surface area contributed by atoms with Crippen molar-refractivity contribution in [2.75, 3.05) is 5.73 Å². The van der Waals surface area contributed by atoms with Gasteiger partial charge in [0.1, 0.15) is 5.75 Å². The van der Waals surface area contributed by atoms with Gasteiger partial charge in [-0.3, -0.25) is 4.79 Å². The molecule has 1 atom stereocenters. The Labute approximate surface area is 70.1 Å². The summed E-state index contributed by atoms with van der Waals surface area (Å²) in [5, 5.41) is 0. The zero-order valence-electron chi connectivity index (χ0n) is 6.70. The molecule has 62 valence electrons. The second kappa shape index (κ2) is 2.24. The number of nitrogens with two attached hydrogens (primary N) is 1. The maximum absolute atomic E-state index is 11.4. The van der Waals surface area contributed by atoms with Crippen molar-refractivity contribution in [2.45, 2.75) is 13.0 Å². The third kappa shape index (κ3) is 0.863. The van der Waals surface area contributed by atoms with Gasteiger partial charge in [0.15, 0.2) is 6.10 Å². The summed E-state index contributed by atoms with van der Waals surface area (Å²) in [6.07, 6.45) is -0.359. The van der Waals surface area contributed by atoms with Gasteiger partial charge in [0.2, 0.25) is 5.78 Å². The van der Waals surface area contributed by atoms with Gasteiger partial charge in [-0.25, -0.2) is 0 Å². The number of Topliss-reactive ketones (excluding diaryl/α,β-unsaturated/α-hetero) is 1. The Morgan fingerprint density at radius 2 is 2.25 bits per heavy atom. The molecule has 0 radical (unpaired) electrons. The molecule has 0 aliphatic carbocycles. The minimum atomic E-state index is -0.359. The van der Waals surface area contributed by atoms with Gasteiger partial charge in [0.05, 0.1) is 5.56 Å². The van der Waals surface area contributed by atoms with Crippen LogP contribution in [0.4, 0.5) is 5.69 Å². The Balaban J connectivity index is 2.56. The predicted molar refractivity (Wildman–Crippen MR) is 45.3 cm³/mol. The molecule has 0 amide bonds. The fourth-order valence-electron chi connectivity index (χ4n) is 1.31. The summed E-state index contributed by atoms with van der Waals surface area (Å²) >= 11 is 0. The van der Waals surface area contributed by atoms with Crippen LogP contribution in [0, 0.1) is 0 Å². The molecule has 1 heterocycles. The summed E-state index contributed by atoms with van der Waals surface area (Å²) in [6.45, 7) is 1.73. The van der Waals surface area contributed by atoms with Gasteiger partial charge in [-0.1, -0.05) is 0 Å². The van der Waals surface area contributed by atoms with Gasteiger partial charge in [0.25, 0.3) is 0 Å². The molecule has 0 aromatic heterocycles. The predicted octanol–water partition coefficient (Wildman–Crippen LogP) is 1.23. The molecule has 3 heteroatoms. The van der Waals surface area contributed by atoms with Crippen LogP contribution >= 0.6 is 0 Å². The molecule has 0 saturated heterocycles. The molecule has 1 unspecified atom stereocenters. The number of anilines is 1. The summed E-state index contributed by atoms with van der Waals surface area (Å²) in [5.41, 5.74) is 6.73. The number of hydrogen-bond donors (Lipinski definition) is 1. The first kappa shape index (κ1) is 7.16. The average Bonchev–Trinajstić information content (AvgIpc) is 2.31. The second-order valence-electron chi connectivity index (χ2n) is 2.88. The van der Waals surface area contributed by atoms with Crippen molar-refractivity contribution >= 4 is 11.5 Å². The van der Waals surface area contributed by atoms with E-state index in [0.29, 0.717) is 17.0 Å². The third-order valence-corrected chi connectivity index (χ3v) is 1.94. The summed E-state index contributed by atoms with van der Waals surface area (Å²) in [5.74, 6) is 0.652. The van der Waals surface area contributed by atoms with Gasteiger partial charge in [-0.15, -0.1) is 0 Å². The van der Waals surface area contributed by atoms with Crippen LogP contribution in [-0.2, 0) is 0 Å². The lowest BCUT2D eigenvalue weighted by Gasteiger charge is -1.99. The number of nitrogen functional groups attached to an aromatic ring is 1. The maximum Gasteiger partial charge on any atom is 0.206 e. The summed E-state index contributed by atoms with van der Waals surface area (Å²) in [6, 6.07) is 5.11. The lowest BCUT2D eigenvalue weighted by molar-refractivity contribution is 0.0878. The summed E-state index contributed by atoms with van der Waals surface area (Å²) in [4.78, 5) is 11.4. The van der Waals surface area contributed by atoms with E-state index < -0.39 is 0 Å². The van der Waals surface area contributed by atoms with Crippen molar-refractivity contribution < 1.29 is 9.53 Å². The van der Waals surface area contributed by atoms with E-state index in [9.17, 15) is 4.79 Å². The lowest BCUT2D eigenvalue weighted by atomic mass is 10.1. The number of benzene rings is 1. The lowest BCUT2D eigenvalue weighted by Crippen LogP contribution is -2.14. The Hall–Kier alpha value is -1.51. The topological polar surface area (TPSA) is 52.3 Å². The molecule has 0 spiro atoms. The van der Waals surface area contributed by atoms with Crippen LogP contribution in [0.2, 0.25) is 0 Å². The van der Waals surface area contributed by atoms with Gasteiger partial charge in [-0.2, -0.15) is 0 Å². The van der Waals surface area contributed by atoms with Crippen molar-refractivity contribution in [3.8, 4) is 5.75 Å². The van der Waals surface area contributed by atoms with Crippen LogP contribution in [-0.4, -0.2) is 11.9 Å². The minimum Gasteiger partial charge on any atom is -0.482 e. The monoisotopic (exact) mass is 163 g/mol. The van der Waals surface area contributed by atoms with Crippen LogP contribution in [0.1, 0.15) is 17.3 Å². The van der Waals surface area contributed by atoms with Gasteiger partial charge in [0, 0.05) is 5.69 Å². The van der Waals surface area contributed by atoms with Crippen LogP contribution in [0.3, 0.4) is 0 Å². The van der Waals surface area contributed by atoms with E-state index in [4.69, 9.17) is 10.5 Å². The van der Waals surface area contributed by atoms with E-state index in [-0.39, 0.29) is 11.9 Å². The number of rotatable bonds is 0. The van der Waals surface area contributed by atoms with Gasteiger partial charge < -0.3 is 10.5 Å². The number of carbonyl (C=O) groups excluding carboxylic acids is 1. The van der Waals surface area contributed by atoms with E-state index in [1.807, 2.05) is 0 Å². The van der Waals surface area contributed by atoms with Crippen LogP contribution in [0.25, 0.3) is 0 Å². The van der Waals surface area contributed by atoms with E-state index in [1.54, 1.807) is 25.1 Å². The third-order valence-electron chi connectivity index (χ3n) is 1.94. The molecule has 1 aliphatic rings. The van der Waals surface area contributed by atoms with Gasteiger partial charge >= 0.3 is 0 Å². The quantitative estimate of drug-likeness (QED) is 0.585. The molecule has 0 bridgehead atoms. The van der Waals surface area contributed by atoms with Crippen molar-refractivity contribution in [3.63, 3.8) is 0 Å². The average molecular weight is 163 g/mol. The van der Waals surface area contributed by atoms with Crippen LogP contribution < -0.4 is 10.5 Å². The zero-order valence-corrected chi connectivity index (χ0v) is 6.70. The number of ketones is 1. The highest BCUT2D eigenvalue weighted by Gasteiger charge is 2.28. The normalized spacial score (nSPS) is 20.4. The molecule has 2 rings (SSSR count). The van der Waals surface area contributed by atoms with E-state index in [1.165, 1.54) is 0 Å². The fraction of sp³-hybridized carbons (Fsp3) is 0.222. The molecule has 2 N–H and O–H groups in total. The van der Waals surface area contributed by atoms with Crippen molar-refractivity contribution in [1.29, 1.82) is 0 Å². The minimum absolute atomic E-state index is 0.0114. The first-order valence-corrected chi connectivity index (χ1v) is 3.79. The largest absolute Gasteiger partial charge is 0.482 e. The zero-order chi connectivity index (χ0) is 8.72. The fourth-order valence-corrected chi connectivity index (χ4v) is 1.31. The Morgan fingerprint density at radius 3 is 3.00 bits per heavy atom. The van der Waals surface area contributed by atoms with Crippen LogP contribution in [0.15, 0.2) is 18.2 Å². The number of ether oxygens (including phenoxy) is 1. The highest BCUT2D eigenvalue weighted by atomic mass is 16.5. The molecular formula is C9H9NO2. The smallest absolute Gasteiger partial charge is 0.206 e. The first-order chi connectivity index (χ1) is 5.68. The Morgan fingerprint density at radius 1 is 1.50 bits per heavy atom. The molecule has 12 heavy (non-hydrogen) atoms. The van der Waals surface area contributed by atoms with Crippen molar-refractivity contribution in [2.24, 2.45) is 0 Å². The Kier molecular flexibility index (Phi) is 1.33. The molecule has 1 aliphatic heterocycles. The number of carbonyl (C=O) groups is 1. The van der Waals surface area contributed by atoms with E-state index >= 15 is 0 Å². The summed E-state index contributed by atoms with van der Waals surface area (Å²) in [7, 11) is 0. The highest BCUT2D eigenvalue weighted by Crippen LogP contribution is 2.29. The molecule has 3 nitrogen and oxygen atoms in total. The first-order valence-electron chi connectivity index (χ1n) is 3.79. The second-order valence-corrected chi connectivity index (χ2v) is 2.88. The highest BCUT2D eigenvalue weighted by molar-refractivity contribution is 6.04. The van der Waals surface area contributed by atoms with E-state index in [2.05, 4.69) is 0 Å². The van der Waals surface area contributed by atoms with Crippen molar-refractivity contribution in [3.05, 3.63) is 23.8 Å². The molecule has 0 saturated carbocycles. The number of hydrogen-bond acceptors (Lipinski definition) is 3. The summed E-state index contributed by atoms with van der Waals surface area (Å²) < 4.78 is 5.27. The SMILES string of the molecule is CC1Oc2ccc(N)cc2C1=O. The maximum atomic E-state index is 11.4. The standard InChI is InChI=1S/C9H9NO2/c1-5-9(11)7-4-6(10)2-3-8(7)12-5/h2-5H,10H2,1H3. The van der Waals surface area contributed by atoms with Crippen LogP contribution in [0.5, 0.6) is 5.75 Å².